The van der Waals surface area contributed by atoms with E-state index in [-0.39, 0.29) is 22.8 Å². The van der Waals surface area contributed by atoms with E-state index in [2.05, 4.69) is 4.72 Å². The number of hydrogen-bond donors (Lipinski definition) is 1. The van der Waals surface area contributed by atoms with Crippen molar-refractivity contribution >= 4 is 21.6 Å². The van der Waals surface area contributed by atoms with Gasteiger partial charge in [-0.15, -0.1) is 0 Å². The maximum atomic E-state index is 12.7. The van der Waals surface area contributed by atoms with Crippen molar-refractivity contribution in [3.05, 3.63) is 59.7 Å². The van der Waals surface area contributed by atoms with Gasteiger partial charge in [-0.05, 0) is 68.4 Å². The van der Waals surface area contributed by atoms with E-state index in [1.165, 1.54) is 5.56 Å². The van der Waals surface area contributed by atoms with E-state index in [9.17, 15) is 13.2 Å². The quantitative estimate of drug-likeness (QED) is 0.728. The Morgan fingerprint density at radius 1 is 1.14 bits per heavy atom. The van der Waals surface area contributed by atoms with Gasteiger partial charge in [0.25, 0.3) is 0 Å². The molecular weight excluding hydrogens is 372 g/mol. The molecule has 0 aromatic heterocycles. The van der Waals surface area contributed by atoms with Crippen molar-refractivity contribution in [3.8, 4) is 0 Å². The second-order valence-electron chi connectivity index (χ2n) is 7.81. The summed E-state index contributed by atoms with van der Waals surface area (Å²) in [5.41, 5.74) is 3.01. The van der Waals surface area contributed by atoms with Gasteiger partial charge in [0.1, 0.15) is 0 Å². The topological polar surface area (TPSA) is 66.5 Å². The molecule has 0 radical (unpaired) electrons. The van der Waals surface area contributed by atoms with Crippen LogP contribution in [0.15, 0.2) is 53.4 Å². The van der Waals surface area contributed by atoms with Crippen LogP contribution in [0.2, 0.25) is 0 Å². The molecule has 1 aliphatic carbocycles. The molecule has 2 aliphatic rings. The predicted octanol–water partition coefficient (Wildman–Crippen LogP) is 3.29. The number of fused-ring (bicyclic) bond motifs is 1. The fraction of sp³-hybridized carbons (Fsp3) is 0.409. The summed E-state index contributed by atoms with van der Waals surface area (Å²) in [5, 5.41) is 0. The minimum Gasteiger partial charge on any atom is -0.309 e. The van der Waals surface area contributed by atoms with Gasteiger partial charge in [0.2, 0.25) is 15.9 Å². The molecule has 28 heavy (non-hydrogen) atoms. The molecule has 1 fully saturated rings. The molecule has 1 aliphatic heterocycles. The van der Waals surface area contributed by atoms with E-state index in [1.807, 2.05) is 42.2 Å². The zero-order valence-electron chi connectivity index (χ0n) is 16.1. The van der Waals surface area contributed by atoms with Crippen molar-refractivity contribution in [2.24, 2.45) is 5.92 Å². The van der Waals surface area contributed by atoms with Gasteiger partial charge < -0.3 is 4.90 Å². The van der Waals surface area contributed by atoms with Gasteiger partial charge in [-0.1, -0.05) is 30.3 Å². The second-order valence-corrected chi connectivity index (χ2v) is 9.58. The van der Waals surface area contributed by atoms with Crippen LogP contribution in [0, 0.1) is 5.92 Å². The minimum atomic E-state index is -3.55. The molecule has 148 valence electrons. The number of carbonyl (C=O) groups excluding carboxylic acids is 1. The molecule has 5 nitrogen and oxygen atoms in total. The van der Waals surface area contributed by atoms with Crippen LogP contribution in [0.4, 0.5) is 5.69 Å². The molecule has 0 saturated heterocycles. The summed E-state index contributed by atoms with van der Waals surface area (Å²) in [7, 11) is -3.55. The summed E-state index contributed by atoms with van der Waals surface area (Å²) < 4.78 is 28.0. The van der Waals surface area contributed by atoms with Crippen LogP contribution in [0.25, 0.3) is 0 Å². The number of sulfonamides is 1. The fourth-order valence-corrected chi connectivity index (χ4v) is 4.99. The van der Waals surface area contributed by atoms with Crippen molar-refractivity contribution in [2.45, 2.75) is 50.0 Å². The Morgan fingerprint density at radius 3 is 2.61 bits per heavy atom. The average molecular weight is 399 g/mol. The Balaban J connectivity index is 1.41. The van der Waals surface area contributed by atoms with E-state index in [0.717, 1.165) is 36.9 Å². The van der Waals surface area contributed by atoms with Gasteiger partial charge in [0.05, 0.1) is 4.90 Å². The zero-order valence-corrected chi connectivity index (χ0v) is 16.9. The lowest BCUT2D eigenvalue weighted by Gasteiger charge is -2.22. The standard InChI is InChI=1S/C22H26N2O3S/c1-16-14-19-15-20(11-12-21(19)24(16)22(25)18-9-10-18)28(26,27)23-13-5-8-17-6-3-2-4-7-17/h2-4,6-7,11-12,15-16,18,23H,5,8-10,13-14H2,1H3/t16-/m1/s1. The largest absolute Gasteiger partial charge is 0.309 e. The Kier molecular flexibility index (Phi) is 5.25. The van der Waals surface area contributed by atoms with Crippen LogP contribution < -0.4 is 9.62 Å². The molecule has 1 N–H and O–H groups in total. The van der Waals surface area contributed by atoms with E-state index in [4.69, 9.17) is 0 Å². The monoisotopic (exact) mass is 398 g/mol. The minimum absolute atomic E-state index is 0.0832. The molecule has 2 aromatic carbocycles. The summed E-state index contributed by atoms with van der Waals surface area (Å²) in [4.78, 5) is 14.7. The van der Waals surface area contributed by atoms with Crippen molar-refractivity contribution in [2.75, 3.05) is 11.4 Å². The molecular formula is C22H26N2O3S. The van der Waals surface area contributed by atoms with Gasteiger partial charge >= 0.3 is 0 Å². The van der Waals surface area contributed by atoms with Crippen LogP contribution in [-0.4, -0.2) is 26.9 Å². The molecule has 1 saturated carbocycles. The highest BCUT2D eigenvalue weighted by Gasteiger charge is 2.39. The van der Waals surface area contributed by atoms with E-state index in [0.29, 0.717) is 13.0 Å². The summed E-state index contributed by atoms with van der Waals surface area (Å²) >= 11 is 0. The van der Waals surface area contributed by atoms with Gasteiger partial charge in [0, 0.05) is 24.2 Å². The third kappa shape index (κ3) is 3.98. The summed E-state index contributed by atoms with van der Waals surface area (Å²) in [5.74, 6) is 0.337. The highest BCUT2D eigenvalue weighted by atomic mass is 32.2. The molecule has 1 heterocycles. The van der Waals surface area contributed by atoms with Crippen LogP contribution in [0.5, 0.6) is 0 Å². The third-order valence-electron chi connectivity index (χ3n) is 5.52. The van der Waals surface area contributed by atoms with Gasteiger partial charge in [-0.3, -0.25) is 4.79 Å². The number of anilines is 1. The van der Waals surface area contributed by atoms with E-state index < -0.39 is 10.0 Å². The fourth-order valence-electron chi connectivity index (χ4n) is 3.86. The molecule has 1 amide bonds. The van der Waals surface area contributed by atoms with E-state index in [1.54, 1.807) is 18.2 Å². The summed E-state index contributed by atoms with van der Waals surface area (Å²) in [6, 6.07) is 15.3. The van der Waals surface area contributed by atoms with Crippen LogP contribution in [-0.2, 0) is 27.7 Å². The van der Waals surface area contributed by atoms with Gasteiger partial charge in [-0.25, -0.2) is 13.1 Å². The van der Waals surface area contributed by atoms with Crippen molar-refractivity contribution in [1.29, 1.82) is 0 Å². The molecule has 0 bridgehead atoms. The maximum absolute atomic E-state index is 12.7. The summed E-state index contributed by atoms with van der Waals surface area (Å²) in [6.07, 6.45) is 4.22. The number of nitrogens with zero attached hydrogens (tertiary/aromatic N) is 1. The molecule has 2 aromatic rings. The highest BCUT2D eigenvalue weighted by Crippen LogP contribution is 2.39. The summed E-state index contributed by atoms with van der Waals surface area (Å²) in [6.45, 7) is 2.42. The number of hydrogen-bond acceptors (Lipinski definition) is 3. The number of nitrogens with one attached hydrogen (secondary N) is 1. The van der Waals surface area contributed by atoms with Crippen LogP contribution >= 0.6 is 0 Å². The normalized spacial score (nSPS) is 18.9. The first kappa shape index (κ1) is 19.2. The number of amides is 1. The maximum Gasteiger partial charge on any atom is 0.240 e. The molecule has 0 spiro atoms. The smallest absolute Gasteiger partial charge is 0.240 e. The number of aryl methyl sites for hydroxylation is 1. The molecule has 6 heteroatoms. The number of benzene rings is 2. The Bertz CT molecular complexity index is 969. The van der Waals surface area contributed by atoms with Crippen molar-refractivity contribution in [3.63, 3.8) is 0 Å². The van der Waals surface area contributed by atoms with Crippen molar-refractivity contribution in [1.82, 2.24) is 4.72 Å². The molecule has 1 atom stereocenters. The Hall–Kier alpha value is -2.18. The van der Waals surface area contributed by atoms with Crippen LogP contribution in [0.1, 0.15) is 37.3 Å². The lowest BCUT2D eigenvalue weighted by Crippen LogP contribution is -2.36. The predicted molar refractivity (Wildman–Crippen MR) is 110 cm³/mol. The number of carbonyl (C=O) groups is 1. The molecule has 0 unspecified atom stereocenters. The van der Waals surface area contributed by atoms with Crippen molar-refractivity contribution < 1.29 is 13.2 Å². The second kappa shape index (κ2) is 7.68. The number of rotatable bonds is 7. The van der Waals surface area contributed by atoms with Gasteiger partial charge in [0.15, 0.2) is 0 Å². The lowest BCUT2D eigenvalue weighted by atomic mass is 10.1. The first-order chi connectivity index (χ1) is 13.5. The third-order valence-corrected chi connectivity index (χ3v) is 6.98. The molecule has 4 rings (SSSR count). The average Bonchev–Trinajstić information content (AvgIpc) is 3.47. The first-order valence-electron chi connectivity index (χ1n) is 9.95. The van der Waals surface area contributed by atoms with Gasteiger partial charge in [-0.2, -0.15) is 0 Å². The lowest BCUT2D eigenvalue weighted by molar-refractivity contribution is -0.120. The Labute approximate surface area is 166 Å². The van der Waals surface area contributed by atoms with E-state index >= 15 is 0 Å². The Morgan fingerprint density at radius 2 is 1.89 bits per heavy atom. The SMILES string of the molecule is C[C@@H]1Cc2cc(S(=O)(=O)NCCCc3ccccc3)ccc2N1C(=O)C1CC1. The zero-order chi connectivity index (χ0) is 19.7. The van der Waals surface area contributed by atoms with Crippen LogP contribution in [0.3, 0.4) is 0 Å². The first-order valence-corrected chi connectivity index (χ1v) is 11.4. The highest BCUT2D eigenvalue weighted by molar-refractivity contribution is 7.89.